The zero-order chi connectivity index (χ0) is 26.1. The number of amides is 2. The Bertz CT molecular complexity index is 1290. The average Bonchev–Trinajstić information content (AvgIpc) is 3.22. The number of nitrogens with zero attached hydrogens (tertiary/aromatic N) is 5. The van der Waals surface area contributed by atoms with Gasteiger partial charge in [0.15, 0.2) is 11.5 Å². The zero-order valence-electron chi connectivity index (χ0n) is 20.1. The maximum atomic E-state index is 13.0. The number of hydrogen-bond donors (Lipinski definition) is 1. The first-order valence-electron chi connectivity index (χ1n) is 10.4. The zero-order valence-corrected chi connectivity index (χ0v) is 20.1. The van der Waals surface area contributed by atoms with Crippen molar-refractivity contribution in [2.24, 2.45) is 0 Å². The molecule has 0 radical (unpaired) electrons. The van der Waals surface area contributed by atoms with Crippen LogP contribution < -0.4 is 14.8 Å². The highest BCUT2D eigenvalue weighted by Gasteiger charge is 2.37. The van der Waals surface area contributed by atoms with Gasteiger partial charge in [0, 0.05) is 38.0 Å². The Hall–Kier alpha value is -3.90. The minimum absolute atomic E-state index is 0.0281. The van der Waals surface area contributed by atoms with Crippen LogP contribution in [0.1, 0.15) is 39.6 Å². The number of carbonyl (C=O) groups excluding carboxylic acids is 2. The number of fused-ring (bicyclic) bond motifs is 1. The van der Waals surface area contributed by atoms with Crippen molar-refractivity contribution in [2.75, 3.05) is 33.6 Å². The van der Waals surface area contributed by atoms with Crippen LogP contribution in [0.2, 0.25) is 0 Å². The second-order valence-electron chi connectivity index (χ2n) is 7.91. The Morgan fingerprint density at radius 3 is 2.29 bits per heavy atom. The van der Waals surface area contributed by atoms with Gasteiger partial charge in [-0.2, -0.15) is 18.2 Å². The number of methoxy groups -OCH3 is 2. The normalized spacial score (nSPS) is 11.5. The molecule has 0 saturated heterocycles. The van der Waals surface area contributed by atoms with Crippen LogP contribution in [0.25, 0.3) is 5.78 Å². The molecule has 2 amide bonds. The summed E-state index contributed by atoms with van der Waals surface area (Å²) < 4.78 is 50.5. The van der Waals surface area contributed by atoms with E-state index in [0.29, 0.717) is 28.5 Å². The molecule has 0 aliphatic heterocycles. The fourth-order valence-corrected chi connectivity index (χ4v) is 3.54. The fraction of sp³-hybridized carbons (Fsp3) is 0.409. The third kappa shape index (κ3) is 5.28. The van der Waals surface area contributed by atoms with Gasteiger partial charge in [-0.3, -0.25) is 9.59 Å². The largest absolute Gasteiger partial charge is 0.493 e. The number of carbonyl (C=O) groups is 2. The Labute approximate surface area is 199 Å². The number of anilines is 1. The number of halogens is 3. The van der Waals surface area contributed by atoms with Gasteiger partial charge in [0.25, 0.3) is 17.5 Å². The summed E-state index contributed by atoms with van der Waals surface area (Å²) >= 11 is 0. The molecule has 2 heterocycles. The molecule has 1 N–H and O–H groups in total. The first-order valence-corrected chi connectivity index (χ1v) is 10.4. The van der Waals surface area contributed by atoms with Crippen molar-refractivity contribution in [3.63, 3.8) is 0 Å². The first kappa shape index (κ1) is 25.7. The van der Waals surface area contributed by atoms with Crippen molar-refractivity contribution in [1.29, 1.82) is 0 Å². The summed E-state index contributed by atoms with van der Waals surface area (Å²) in [6, 6.07) is 2.97. The van der Waals surface area contributed by atoms with Gasteiger partial charge in [-0.05, 0) is 31.9 Å². The number of alkyl halides is 3. The van der Waals surface area contributed by atoms with E-state index in [1.54, 1.807) is 27.9 Å². The van der Waals surface area contributed by atoms with Gasteiger partial charge in [0.2, 0.25) is 5.91 Å². The van der Waals surface area contributed by atoms with Crippen LogP contribution >= 0.6 is 0 Å². The van der Waals surface area contributed by atoms with Crippen LogP contribution in [0.3, 0.4) is 0 Å². The number of aryl methyl sites for hydroxylation is 2. The molecule has 0 fully saturated rings. The molecule has 0 spiro atoms. The molecule has 0 atom stereocenters. The fourth-order valence-electron chi connectivity index (χ4n) is 3.54. The van der Waals surface area contributed by atoms with Crippen LogP contribution in [0.5, 0.6) is 11.5 Å². The molecule has 13 heteroatoms. The van der Waals surface area contributed by atoms with E-state index in [9.17, 15) is 22.8 Å². The van der Waals surface area contributed by atoms with Gasteiger partial charge in [0.1, 0.15) is 0 Å². The number of nitrogens with one attached hydrogen (secondary N) is 1. The molecule has 3 aromatic rings. The number of aromatic nitrogens is 4. The molecule has 0 bridgehead atoms. The van der Waals surface area contributed by atoms with Crippen LogP contribution in [0, 0.1) is 13.8 Å². The van der Waals surface area contributed by atoms with Crippen molar-refractivity contribution in [3.8, 4) is 11.5 Å². The number of hydrogen-bond acceptors (Lipinski definition) is 7. The third-order valence-electron chi connectivity index (χ3n) is 5.34. The SMILES string of the molecule is COc1cc(NC(=O)CCc2c(C)nc3nc(C(F)(F)F)nn3c2C)c(C(=O)N(C)C)cc1OC. The molecule has 2 aromatic heterocycles. The minimum atomic E-state index is -4.70. The van der Waals surface area contributed by atoms with E-state index in [2.05, 4.69) is 20.4 Å². The van der Waals surface area contributed by atoms with Crippen molar-refractivity contribution in [2.45, 2.75) is 32.9 Å². The van der Waals surface area contributed by atoms with Crippen molar-refractivity contribution in [3.05, 3.63) is 40.5 Å². The van der Waals surface area contributed by atoms with Crippen molar-refractivity contribution >= 4 is 23.3 Å². The smallest absolute Gasteiger partial charge is 0.453 e. The Morgan fingerprint density at radius 1 is 1.09 bits per heavy atom. The lowest BCUT2D eigenvalue weighted by atomic mass is 10.1. The lowest BCUT2D eigenvalue weighted by Crippen LogP contribution is -2.24. The molecule has 35 heavy (non-hydrogen) atoms. The third-order valence-corrected chi connectivity index (χ3v) is 5.34. The first-order chi connectivity index (χ1) is 16.4. The topological polar surface area (TPSA) is 111 Å². The summed E-state index contributed by atoms with van der Waals surface area (Å²) in [5.41, 5.74) is 1.86. The molecule has 10 nitrogen and oxygen atoms in total. The van der Waals surface area contributed by atoms with E-state index in [1.165, 1.54) is 31.3 Å². The number of rotatable bonds is 7. The van der Waals surface area contributed by atoms with Gasteiger partial charge in [-0.25, -0.2) is 9.50 Å². The lowest BCUT2D eigenvalue weighted by Gasteiger charge is -2.18. The second kappa shape index (κ2) is 9.76. The van der Waals surface area contributed by atoms with Gasteiger partial charge in [-0.1, -0.05) is 0 Å². The van der Waals surface area contributed by atoms with Crippen LogP contribution in [-0.2, 0) is 17.4 Å². The second-order valence-corrected chi connectivity index (χ2v) is 7.91. The summed E-state index contributed by atoms with van der Waals surface area (Å²) in [5, 5.41) is 6.23. The molecule has 0 aliphatic rings. The number of benzene rings is 1. The van der Waals surface area contributed by atoms with E-state index in [-0.39, 0.29) is 35.8 Å². The predicted octanol–water partition coefficient (Wildman–Crippen LogP) is 3.05. The predicted molar refractivity (Wildman–Crippen MR) is 120 cm³/mol. The van der Waals surface area contributed by atoms with E-state index >= 15 is 0 Å². The van der Waals surface area contributed by atoms with E-state index in [1.807, 2.05) is 0 Å². The van der Waals surface area contributed by atoms with Crippen LogP contribution in [0.4, 0.5) is 18.9 Å². The Kier molecular flexibility index (Phi) is 7.17. The lowest BCUT2D eigenvalue weighted by molar-refractivity contribution is -0.144. The highest BCUT2D eigenvalue weighted by atomic mass is 19.4. The Morgan fingerprint density at radius 2 is 1.71 bits per heavy atom. The van der Waals surface area contributed by atoms with Gasteiger partial charge in [-0.15, -0.1) is 5.10 Å². The minimum Gasteiger partial charge on any atom is -0.493 e. The highest BCUT2D eigenvalue weighted by Crippen LogP contribution is 2.34. The van der Waals surface area contributed by atoms with E-state index < -0.39 is 17.9 Å². The summed E-state index contributed by atoms with van der Waals surface area (Å²) in [6.45, 7) is 3.22. The Balaban J connectivity index is 1.86. The van der Waals surface area contributed by atoms with Gasteiger partial charge in [0.05, 0.1) is 25.5 Å². The van der Waals surface area contributed by atoms with E-state index in [4.69, 9.17) is 9.47 Å². The molecule has 0 unspecified atom stereocenters. The van der Waals surface area contributed by atoms with Gasteiger partial charge < -0.3 is 19.7 Å². The summed E-state index contributed by atoms with van der Waals surface area (Å²) in [6.07, 6.45) is -4.55. The summed E-state index contributed by atoms with van der Waals surface area (Å²) in [5.74, 6) is -1.57. The standard InChI is InChI=1S/C22H25F3N6O4/c1-11-13(12(2)31-21(26-11)28-20(29-31)22(23,24)25)7-8-18(32)27-15-10-17(35-6)16(34-5)9-14(15)19(33)30(3)4/h9-10H,7-8H2,1-6H3,(H,27,32). The number of ether oxygens (including phenoxy) is 2. The van der Waals surface area contributed by atoms with Gasteiger partial charge >= 0.3 is 6.18 Å². The molecule has 0 aliphatic carbocycles. The average molecular weight is 494 g/mol. The summed E-state index contributed by atoms with van der Waals surface area (Å²) in [7, 11) is 6.02. The molecular formula is C22H25F3N6O4. The monoisotopic (exact) mass is 494 g/mol. The van der Waals surface area contributed by atoms with Crippen LogP contribution in [0.15, 0.2) is 12.1 Å². The van der Waals surface area contributed by atoms with Crippen molar-refractivity contribution < 1.29 is 32.2 Å². The highest BCUT2D eigenvalue weighted by molar-refractivity contribution is 6.04. The van der Waals surface area contributed by atoms with Crippen molar-refractivity contribution in [1.82, 2.24) is 24.5 Å². The van der Waals surface area contributed by atoms with E-state index in [0.717, 1.165) is 4.52 Å². The molecule has 0 saturated carbocycles. The van der Waals surface area contributed by atoms with Crippen LogP contribution in [-0.4, -0.2) is 64.6 Å². The molecule has 188 valence electrons. The molecular weight excluding hydrogens is 469 g/mol. The maximum Gasteiger partial charge on any atom is 0.453 e. The summed E-state index contributed by atoms with van der Waals surface area (Å²) in [4.78, 5) is 34.4. The maximum absolute atomic E-state index is 13.0. The quantitative estimate of drug-likeness (QED) is 0.538. The molecule has 3 rings (SSSR count). The molecule has 1 aromatic carbocycles.